The number of hydrogen-bond donors (Lipinski definition) is 2. The lowest BCUT2D eigenvalue weighted by molar-refractivity contribution is -0.139. The van der Waals surface area contributed by atoms with Gasteiger partial charge in [-0.2, -0.15) is 0 Å². The summed E-state index contributed by atoms with van der Waals surface area (Å²) in [5, 5.41) is 12.7. The molecule has 1 aromatic carbocycles. The highest BCUT2D eigenvalue weighted by Gasteiger charge is 2.19. The van der Waals surface area contributed by atoms with Crippen molar-refractivity contribution in [3.05, 3.63) is 46.5 Å². The molecule has 0 amide bonds. The van der Waals surface area contributed by atoms with Gasteiger partial charge in [0.2, 0.25) is 0 Å². The van der Waals surface area contributed by atoms with Gasteiger partial charge in [0.05, 0.1) is 0 Å². The van der Waals surface area contributed by atoms with E-state index >= 15 is 0 Å². The van der Waals surface area contributed by atoms with Crippen molar-refractivity contribution in [1.82, 2.24) is 5.32 Å². The van der Waals surface area contributed by atoms with Crippen molar-refractivity contribution in [1.29, 1.82) is 0 Å². The van der Waals surface area contributed by atoms with E-state index < -0.39 is 12.0 Å². The predicted molar refractivity (Wildman–Crippen MR) is 65.0 cm³/mol. The lowest BCUT2D eigenvalue weighted by Crippen LogP contribution is -2.28. The Labute approximate surface area is 104 Å². The average Bonchev–Trinajstić information content (AvgIpc) is 2.16. The van der Waals surface area contributed by atoms with E-state index in [1.54, 1.807) is 24.3 Å². The van der Waals surface area contributed by atoms with Gasteiger partial charge in [-0.1, -0.05) is 29.3 Å². The van der Waals surface area contributed by atoms with E-state index in [0.717, 1.165) is 0 Å². The molecule has 0 aliphatic rings. The Morgan fingerprint density at radius 1 is 1.44 bits per heavy atom. The van der Waals surface area contributed by atoms with Crippen molar-refractivity contribution in [2.75, 3.05) is 6.54 Å². The molecule has 1 rings (SSSR count). The van der Waals surface area contributed by atoms with Crippen LogP contribution in [0.25, 0.3) is 0 Å². The fourth-order valence-electron chi connectivity index (χ4n) is 1.29. The normalized spacial score (nSPS) is 12.1. The van der Waals surface area contributed by atoms with Crippen molar-refractivity contribution in [2.45, 2.75) is 6.04 Å². The van der Waals surface area contributed by atoms with Gasteiger partial charge < -0.3 is 5.11 Å². The summed E-state index contributed by atoms with van der Waals surface area (Å²) in [7, 11) is 0. The first-order valence-corrected chi connectivity index (χ1v) is 5.33. The van der Waals surface area contributed by atoms with Crippen molar-refractivity contribution >= 4 is 29.2 Å². The molecule has 0 aromatic heterocycles. The summed E-state index contributed by atoms with van der Waals surface area (Å²) in [6.07, 6.45) is 1.59. The second kappa shape index (κ2) is 5.89. The molecule has 0 saturated heterocycles. The first-order valence-electron chi connectivity index (χ1n) is 4.57. The van der Waals surface area contributed by atoms with Crippen LogP contribution in [0.3, 0.4) is 0 Å². The average molecular weight is 260 g/mol. The van der Waals surface area contributed by atoms with E-state index in [1.807, 2.05) is 0 Å². The van der Waals surface area contributed by atoms with Crippen molar-refractivity contribution in [3.63, 3.8) is 0 Å². The third kappa shape index (κ3) is 3.52. The van der Waals surface area contributed by atoms with E-state index in [1.165, 1.54) is 0 Å². The molecule has 5 heteroatoms. The molecule has 2 N–H and O–H groups in total. The van der Waals surface area contributed by atoms with Gasteiger partial charge in [-0.3, -0.25) is 10.1 Å². The Morgan fingerprint density at radius 2 is 2.00 bits per heavy atom. The minimum absolute atomic E-state index is 0.390. The summed E-state index contributed by atoms with van der Waals surface area (Å²) in [6, 6.07) is 3.86. The molecule has 0 spiro atoms. The van der Waals surface area contributed by atoms with E-state index in [4.69, 9.17) is 28.3 Å². The molecule has 16 heavy (non-hydrogen) atoms. The van der Waals surface area contributed by atoms with Crippen molar-refractivity contribution in [3.8, 4) is 0 Å². The van der Waals surface area contributed by atoms with Gasteiger partial charge >= 0.3 is 5.97 Å². The van der Waals surface area contributed by atoms with E-state index in [-0.39, 0.29) is 0 Å². The smallest absolute Gasteiger partial charge is 0.325 e. The highest BCUT2D eigenvalue weighted by molar-refractivity contribution is 6.34. The Morgan fingerprint density at radius 3 is 2.44 bits per heavy atom. The lowest BCUT2D eigenvalue weighted by Gasteiger charge is -2.14. The number of halogens is 2. The zero-order chi connectivity index (χ0) is 12.1. The molecule has 1 unspecified atom stereocenters. The first kappa shape index (κ1) is 13.0. The molecule has 0 aliphatic heterocycles. The maximum Gasteiger partial charge on any atom is 0.325 e. The van der Waals surface area contributed by atoms with Gasteiger partial charge in [-0.15, -0.1) is 6.58 Å². The third-order valence-corrected chi connectivity index (χ3v) is 2.37. The summed E-state index contributed by atoms with van der Waals surface area (Å²) in [5.74, 6) is -0.986. The Bertz CT molecular complexity index is 387. The van der Waals surface area contributed by atoms with E-state index in [9.17, 15) is 4.79 Å². The molecule has 86 valence electrons. The lowest BCUT2D eigenvalue weighted by atomic mass is 10.1. The third-order valence-electron chi connectivity index (χ3n) is 1.93. The van der Waals surface area contributed by atoms with Crippen molar-refractivity contribution < 1.29 is 9.90 Å². The molecule has 0 saturated carbocycles. The Balaban J connectivity index is 3.00. The Kier molecular flexibility index (Phi) is 4.80. The van der Waals surface area contributed by atoms with Crippen LogP contribution in [0, 0.1) is 0 Å². The van der Waals surface area contributed by atoms with E-state index in [0.29, 0.717) is 22.2 Å². The number of carboxylic acid groups (broad SMARTS) is 1. The number of carbonyl (C=O) groups is 1. The van der Waals surface area contributed by atoms with Crippen molar-refractivity contribution in [2.24, 2.45) is 0 Å². The summed E-state index contributed by atoms with van der Waals surface area (Å²) >= 11 is 11.6. The summed E-state index contributed by atoms with van der Waals surface area (Å²) in [6.45, 7) is 3.90. The molecule has 0 fully saturated rings. The first-order chi connectivity index (χ1) is 7.54. The number of rotatable bonds is 5. The van der Waals surface area contributed by atoms with Gasteiger partial charge in [0, 0.05) is 16.6 Å². The number of aliphatic carboxylic acids is 1. The summed E-state index contributed by atoms with van der Waals surface area (Å²) < 4.78 is 0. The maximum absolute atomic E-state index is 11.0. The fraction of sp³-hybridized carbons (Fsp3) is 0.182. The molecule has 1 atom stereocenters. The molecular weight excluding hydrogens is 249 g/mol. The molecule has 1 aromatic rings. The largest absolute Gasteiger partial charge is 0.480 e. The molecule has 0 radical (unpaired) electrons. The minimum atomic E-state index is -0.986. The second-order valence-electron chi connectivity index (χ2n) is 3.17. The molecule has 3 nitrogen and oxygen atoms in total. The quantitative estimate of drug-likeness (QED) is 0.800. The second-order valence-corrected chi connectivity index (χ2v) is 4.04. The SMILES string of the molecule is C=CCNC(C(=O)O)c1cc(Cl)cc(Cl)c1. The van der Waals surface area contributed by atoms with Crippen LogP contribution in [0.4, 0.5) is 0 Å². The highest BCUT2D eigenvalue weighted by atomic mass is 35.5. The summed E-state index contributed by atoms with van der Waals surface area (Å²) in [5.41, 5.74) is 0.520. The number of nitrogens with one attached hydrogen (secondary N) is 1. The van der Waals surface area contributed by atoms with Crippen LogP contribution in [-0.2, 0) is 4.79 Å². The zero-order valence-corrected chi connectivity index (χ0v) is 9.92. The minimum Gasteiger partial charge on any atom is -0.480 e. The number of benzene rings is 1. The fourth-order valence-corrected chi connectivity index (χ4v) is 1.83. The van der Waals surface area contributed by atoms with Crippen LogP contribution < -0.4 is 5.32 Å². The van der Waals surface area contributed by atoms with Crippen LogP contribution >= 0.6 is 23.2 Å². The van der Waals surface area contributed by atoms with E-state index in [2.05, 4.69) is 11.9 Å². The number of carboxylic acids is 1. The predicted octanol–water partition coefficient (Wildman–Crippen LogP) is 2.89. The van der Waals surface area contributed by atoms with Gasteiger partial charge in [0.1, 0.15) is 6.04 Å². The van der Waals surface area contributed by atoms with Crippen LogP contribution in [0.15, 0.2) is 30.9 Å². The number of hydrogen-bond acceptors (Lipinski definition) is 2. The van der Waals surface area contributed by atoms with Crippen LogP contribution in [0.2, 0.25) is 10.0 Å². The zero-order valence-electron chi connectivity index (χ0n) is 8.41. The molecule has 0 aliphatic carbocycles. The van der Waals surface area contributed by atoms with Gasteiger partial charge in [-0.05, 0) is 23.8 Å². The highest BCUT2D eigenvalue weighted by Crippen LogP contribution is 2.23. The van der Waals surface area contributed by atoms with Gasteiger partial charge in [0.15, 0.2) is 0 Å². The molecular formula is C11H11Cl2NO2. The monoisotopic (exact) mass is 259 g/mol. The molecule has 0 heterocycles. The van der Waals surface area contributed by atoms with Crippen LogP contribution in [0.1, 0.15) is 11.6 Å². The van der Waals surface area contributed by atoms with Crippen LogP contribution in [0.5, 0.6) is 0 Å². The maximum atomic E-state index is 11.0. The van der Waals surface area contributed by atoms with Crippen LogP contribution in [-0.4, -0.2) is 17.6 Å². The van der Waals surface area contributed by atoms with Gasteiger partial charge in [0.25, 0.3) is 0 Å². The topological polar surface area (TPSA) is 49.3 Å². The Hall–Kier alpha value is -1.03. The summed E-state index contributed by atoms with van der Waals surface area (Å²) in [4.78, 5) is 11.0. The van der Waals surface area contributed by atoms with Gasteiger partial charge in [-0.25, -0.2) is 0 Å². The molecule has 0 bridgehead atoms. The standard InChI is InChI=1S/C11H11Cl2NO2/c1-2-3-14-10(11(15)16)7-4-8(12)6-9(13)5-7/h2,4-6,10,14H,1,3H2,(H,15,16).